The van der Waals surface area contributed by atoms with Gasteiger partial charge in [0, 0.05) is 11.6 Å². The van der Waals surface area contributed by atoms with Crippen LogP contribution in [0.1, 0.15) is 10.4 Å². The lowest BCUT2D eigenvalue weighted by atomic mass is 10.1. The molecule has 0 aromatic heterocycles. The van der Waals surface area contributed by atoms with E-state index >= 15 is 0 Å². The van der Waals surface area contributed by atoms with Crippen molar-refractivity contribution in [2.24, 2.45) is 0 Å². The normalized spacial score (nSPS) is 11.2. The van der Waals surface area contributed by atoms with Crippen LogP contribution in [0.25, 0.3) is 0 Å². The van der Waals surface area contributed by atoms with Crippen LogP contribution in [0.15, 0.2) is 18.2 Å². The average Bonchev–Trinajstić information content (AvgIpc) is 2.14. The Kier molecular flexibility index (Phi) is 3.18. The van der Waals surface area contributed by atoms with Crippen molar-refractivity contribution in [3.8, 4) is 0 Å². The summed E-state index contributed by atoms with van der Waals surface area (Å²) in [6, 6.07) is 2.08. The summed E-state index contributed by atoms with van der Waals surface area (Å²) in [5, 5.41) is 9.80. The summed E-state index contributed by atoms with van der Waals surface area (Å²) in [7, 11) is 0. The summed E-state index contributed by atoms with van der Waals surface area (Å²) in [5.41, 5.74) is -1.29. The van der Waals surface area contributed by atoms with Crippen LogP contribution in [0.5, 0.6) is 0 Å². The molecule has 0 saturated carbocycles. The number of benzene rings is 1. The summed E-state index contributed by atoms with van der Waals surface area (Å²) in [6.07, 6.45) is -5.03. The Morgan fingerprint density at radius 2 is 1.94 bits per heavy atom. The number of nitro benzene ring substituents is 1. The van der Waals surface area contributed by atoms with E-state index in [1.807, 2.05) is 0 Å². The third-order valence-electron chi connectivity index (χ3n) is 1.66. The van der Waals surface area contributed by atoms with Crippen LogP contribution in [-0.2, 0) is 0 Å². The van der Waals surface area contributed by atoms with Crippen LogP contribution in [0.3, 0.4) is 0 Å². The van der Waals surface area contributed by atoms with Crippen molar-refractivity contribution >= 4 is 23.1 Å². The minimum absolute atomic E-state index is 0.514. The Labute approximate surface area is 91.8 Å². The number of Topliss-reactive ketones (excluding diaryl/α,β-unsaturated/α-hetero) is 1. The van der Waals surface area contributed by atoms with Crippen LogP contribution in [0.4, 0.5) is 18.9 Å². The maximum absolute atomic E-state index is 12.0. The van der Waals surface area contributed by atoms with Crippen LogP contribution in [0.2, 0.25) is 5.02 Å². The molecule has 0 aliphatic rings. The zero-order valence-electron chi connectivity index (χ0n) is 7.42. The van der Waals surface area contributed by atoms with E-state index in [1.54, 1.807) is 0 Å². The predicted octanol–water partition coefficient (Wildman–Crippen LogP) is 2.99. The molecule has 0 aliphatic carbocycles. The second-order valence-electron chi connectivity index (χ2n) is 2.75. The number of alkyl halides is 3. The summed E-state index contributed by atoms with van der Waals surface area (Å²) in [5.74, 6) is -2.09. The van der Waals surface area contributed by atoms with Crippen LogP contribution in [-0.4, -0.2) is 16.9 Å². The zero-order chi connectivity index (χ0) is 12.5. The monoisotopic (exact) mass is 253 g/mol. The number of carbonyl (C=O) groups excluding carboxylic acids is 1. The molecule has 0 bridgehead atoms. The molecule has 0 radical (unpaired) electrons. The second-order valence-corrected chi connectivity index (χ2v) is 3.16. The van der Waals surface area contributed by atoms with Gasteiger partial charge in [0.2, 0.25) is 0 Å². The number of nitrogens with zero attached hydrogens (tertiary/aromatic N) is 1. The van der Waals surface area contributed by atoms with Gasteiger partial charge in [-0.15, -0.1) is 0 Å². The lowest BCUT2D eigenvalue weighted by Gasteiger charge is -2.05. The number of rotatable bonds is 2. The van der Waals surface area contributed by atoms with E-state index in [9.17, 15) is 28.1 Å². The summed E-state index contributed by atoms with van der Waals surface area (Å²) in [6.45, 7) is 0. The fourth-order valence-corrected chi connectivity index (χ4v) is 1.21. The molecule has 4 nitrogen and oxygen atoms in total. The minimum Gasteiger partial charge on any atom is -0.284 e. The average molecular weight is 254 g/mol. The van der Waals surface area contributed by atoms with E-state index in [0.29, 0.717) is 12.1 Å². The third kappa shape index (κ3) is 2.48. The van der Waals surface area contributed by atoms with Crippen molar-refractivity contribution in [3.05, 3.63) is 38.9 Å². The van der Waals surface area contributed by atoms with Crippen LogP contribution >= 0.6 is 11.6 Å². The number of hydrogen-bond donors (Lipinski definition) is 0. The largest absolute Gasteiger partial charge is 0.454 e. The van der Waals surface area contributed by atoms with Crippen molar-refractivity contribution in [3.63, 3.8) is 0 Å². The standard InChI is InChI=1S/C8H3ClF3NO3/c9-5-3-4(7(14)8(10,11)12)1-2-6(5)13(15)16/h1-3H. The molecule has 0 heterocycles. The SMILES string of the molecule is O=C(c1ccc([N+](=O)[O-])c(Cl)c1)C(F)(F)F. The summed E-state index contributed by atoms with van der Waals surface area (Å²) < 4.78 is 36.0. The Balaban J connectivity index is 3.17. The van der Waals surface area contributed by atoms with Crippen molar-refractivity contribution < 1.29 is 22.9 Å². The van der Waals surface area contributed by atoms with Gasteiger partial charge in [0.25, 0.3) is 11.5 Å². The molecule has 0 N–H and O–H groups in total. The smallest absolute Gasteiger partial charge is 0.284 e. The van der Waals surface area contributed by atoms with Crippen molar-refractivity contribution in [2.75, 3.05) is 0 Å². The summed E-state index contributed by atoms with van der Waals surface area (Å²) in [4.78, 5) is 20.2. The highest BCUT2D eigenvalue weighted by molar-refractivity contribution is 6.33. The van der Waals surface area contributed by atoms with E-state index in [2.05, 4.69) is 0 Å². The molecule has 0 spiro atoms. The number of nitro groups is 1. The molecule has 1 rings (SSSR count). The van der Waals surface area contributed by atoms with Gasteiger partial charge in [-0.3, -0.25) is 14.9 Å². The quantitative estimate of drug-likeness (QED) is 0.462. The highest BCUT2D eigenvalue weighted by Gasteiger charge is 2.39. The zero-order valence-corrected chi connectivity index (χ0v) is 8.17. The van der Waals surface area contributed by atoms with Crippen LogP contribution < -0.4 is 0 Å². The molecule has 1 aromatic rings. The van der Waals surface area contributed by atoms with Gasteiger partial charge in [0.15, 0.2) is 0 Å². The molecular formula is C8H3ClF3NO3. The Bertz CT molecular complexity index is 458. The number of ketones is 1. The lowest BCUT2D eigenvalue weighted by molar-refractivity contribution is -0.384. The van der Waals surface area contributed by atoms with Gasteiger partial charge in [-0.2, -0.15) is 13.2 Å². The van der Waals surface area contributed by atoms with Crippen molar-refractivity contribution in [1.82, 2.24) is 0 Å². The fourth-order valence-electron chi connectivity index (χ4n) is 0.960. The Morgan fingerprint density at radius 1 is 1.38 bits per heavy atom. The first-order chi connectivity index (χ1) is 7.23. The third-order valence-corrected chi connectivity index (χ3v) is 1.97. The lowest BCUT2D eigenvalue weighted by Crippen LogP contribution is -2.22. The van der Waals surface area contributed by atoms with Gasteiger partial charge >= 0.3 is 6.18 Å². The molecule has 0 fully saturated rings. The van der Waals surface area contributed by atoms with E-state index in [4.69, 9.17) is 11.6 Å². The molecule has 0 amide bonds. The van der Waals surface area contributed by atoms with Gasteiger partial charge in [-0.25, -0.2) is 0 Å². The number of carbonyl (C=O) groups is 1. The second kappa shape index (κ2) is 4.09. The maximum Gasteiger partial charge on any atom is 0.454 e. The van der Waals surface area contributed by atoms with Crippen molar-refractivity contribution in [1.29, 1.82) is 0 Å². The molecule has 8 heteroatoms. The number of halogens is 4. The maximum atomic E-state index is 12.0. The van der Waals surface area contributed by atoms with Gasteiger partial charge in [0.1, 0.15) is 5.02 Å². The van der Waals surface area contributed by atoms with E-state index in [-0.39, 0.29) is 0 Å². The van der Waals surface area contributed by atoms with Gasteiger partial charge in [-0.1, -0.05) is 11.6 Å². The summed E-state index contributed by atoms with van der Waals surface area (Å²) >= 11 is 5.36. The Morgan fingerprint density at radius 3 is 2.31 bits per heavy atom. The molecule has 86 valence electrons. The fraction of sp³-hybridized carbons (Fsp3) is 0.125. The molecule has 0 saturated heterocycles. The molecule has 1 aromatic carbocycles. The minimum atomic E-state index is -5.03. The van der Waals surface area contributed by atoms with Gasteiger partial charge < -0.3 is 0 Å². The molecular weight excluding hydrogens is 251 g/mol. The highest BCUT2D eigenvalue weighted by Crippen LogP contribution is 2.28. The first kappa shape index (κ1) is 12.4. The molecule has 0 atom stereocenters. The van der Waals surface area contributed by atoms with Gasteiger partial charge in [0.05, 0.1) is 4.92 Å². The van der Waals surface area contributed by atoms with Crippen molar-refractivity contribution in [2.45, 2.75) is 6.18 Å². The first-order valence-electron chi connectivity index (χ1n) is 3.79. The molecule has 16 heavy (non-hydrogen) atoms. The van der Waals surface area contributed by atoms with E-state index in [1.165, 1.54) is 0 Å². The Hall–Kier alpha value is -1.63. The molecule has 0 aliphatic heterocycles. The topological polar surface area (TPSA) is 60.2 Å². The van der Waals surface area contributed by atoms with Gasteiger partial charge in [-0.05, 0) is 12.1 Å². The predicted molar refractivity (Wildman–Crippen MR) is 48.5 cm³/mol. The number of hydrogen-bond acceptors (Lipinski definition) is 3. The molecule has 0 unspecified atom stereocenters. The first-order valence-corrected chi connectivity index (χ1v) is 4.16. The van der Waals surface area contributed by atoms with E-state index < -0.39 is 33.2 Å². The van der Waals surface area contributed by atoms with E-state index in [0.717, 1.165) is 6.07 Å². The van der Waals surface area contributed by atoms with Crippen LogP contribution in [0, 0.1) is 10.1 Å². The highest BCUT2D eigenvalue weighted by atomic mass is 35.5.